The molecular formula is C22H23F2NO3. The number of ketones is 1. The van der Waals surface area contributed by atoms with Crippen molar-refractivity contribution >= 4 is 11.7 Å². The van der Waals surface area contributed by atoms with Gasteiger partial charge in [0.15, 0.2) is 12.4 Å². The normalized spacial score (nSPS) is 15.2. The fraction of sp³-hybridized carbons (Fsp3) is 0.364. The molecule has 0 atom stereocenters. The van der Waals surface area contributed by atoms with Gasteiger partial charge in [-0.2, -0.15) is 0 Å². The molecule has 0 spiro atoms. The number of ether oxygens (including phenoxy) is 1. The molecule has 0 heterocycles. The third-order valence-electron chi connectivity index (χ3n) is 5.32. The quantitative estimate of drug-likeness (QED) is 0.726. The van der Waals surface area contributed by atoms with Gasteiger partial charge < -0.3 is 10.1 Å². The van der Waals surface area contributed by atoms with Crippen LogP contribution in [-0.2, 0) is 10.2 Å². The van der Waals surface area contributed by atoms with E-state index in [1.807, 2.05) is 0 Å². The van der Waals surface area contributed by atoms with Crippen molar-refractivity contribution in [2.45, 2.75) is 38.0 Å². The number of carbonyl (C=O) groups excluding carboxylic acids is 2. The average Bonchev–Trinajstić information content (AvgIpc) is 3.16. The minimum Gasteiger partial charge on any atom is -0.483 e. The third-order valence-corrected chi connectivity index (χ3v) is 5.32. The number of nitrogens with one attached hydrogen (secondary N) is 1. The summed E-state index contributed by atoms with van der Waals surface area (Å²) in [6.07, 6.45) is 3.96. The predicted molar refractivity (Wildman–Crippen MR) is 101 cm³/mol. The predicted octanol–water partition coefficient (Wildman–Crippen LogP) is 4.17. The van der Waals surface area contributed by atoms with Crippen molar-refractivity contribution in [1.82, 2.24) is 5.32 Å². The van der Waals surface area contributed by atoms with E-state index in [4.69, 9.17) is 4.74 Å². The topological polar surface area (TPSA) is 55.4 Å². The molecule has 2 aromatic rings. The van der Waals surface area contributed by atoms with Crippen molar-refractivity contribution in [3.05, 3.63) is 65.2 Å². The van der Waals surface area contributed by atoms with Gasteiger partial charge in [-0.15, -0.1) is 0 Å². The van der Waals surface area contributed by atoms with E-state index in [2.05, 4.69) is 5.32 Å². The lowest BCUT2D eigenvalue weighted by Crippen LogP contribution is -2.40. The number of halogens is 2. The van der Waals surface area contributed by atoms with E-state index in [0.29, 0.717) is 6.54 Å². The average molecular weight is 387 g/mol. The highest BCUT2D eigenvalue weighted by Crippen LogP contribution is 2.40. The highest BCUT2D eigenvalue weighted by Gasteiger charge is 2.35. The van der Waals surface area contributed by atoms with Gasteiger partial charge in [-0.3, -0.25) is 9.59 Å². The maximum Gasteiger partial charge on any atom is 0.257 e. The molecule has 148 valence electrons. The lowest BCUT2D eigenvalue weighted by atomic mass is 9.79. The molecule has 0 radical (unpaired) electrons. The molecule has 0 bridgehead atoms. The Kier molecular flexibility index (Phi) is 6.07. The summed E-state index contributed by atoms with van der Waals surface area (Å²) in [4.78, 5) is 23.9. The molecule has 1 aliphatic carbocycles. The zero-order chi connectivity index (χ0) is 20.1. The first-order chi connectivity index (χ1) is 13.4. The molecule has 28 heavy (non-hydrogen) atoms. The van der Waals surface area contributed by atoms with E-state index < -0.39 is 5.82 Å². The van der Waals surface area contributed by atoms with E-state index in [1.54, 1.807) is 12.1 Å². The van der Waals surface area contributed by atoms with Gasteiger partial charge in [0.1, 0.15) is 17.4 Å². The minimum atomic E-state index is -0.538. The van der Waals surface area contributed by atoms with Crippen LogP contribution in [0.3, 0.4) is 0 Å². The fourth-order valence-corrected chi connectivity index (χ4v) is 3.79. The smallest absolute Gasteiger partial charge is 0.257 e. The van der Waals surface area contributed by atoms with Gasteiger partial charge in [0.2, 0.25) is 0 Å². The number of Topliss-reactive ketones (excluding diaryl/α,β-unsaturated/α-hetero) is 1. The van der Waals surface area contributed by atoms with E-state index in [9.17, 15) is 18.4 Å². The summed E-state index contributed by atoms with van der Waals surface area (Å²) in [7, 11) is 0. The Bertz CT molecular complexity index is 859. The maximum absolute atomic E-state index is 13.3. The van der Waals surface area contributed by atoms with Crippen LogP contribution in [0.2, 0.25) is 0 Å². The maximum atomic E-state index is 13.3. The van der Waals surface area contributed by atoms with Gasteiger partial charge in [-0.05, 0) is 55.7 Å². The second-order valence-electron chi connectivity index (χ2n) is 7.26. The molecule has 0 unspecified atom stereocenters. The van der Waals surface area contributed by atoms with E-state index >= 15 is 0 Å². The molecule has 0 aromatic heterocycles. The Labute approximate surface area is 162 Å². The molecule has 4 nitrogen and oxygen atoms in total. The summed E-state index contributed by atoms with van der Waals surface area (Å²) in [6, 6.07) is 10.1. The second-order valence-corrected chi connectivity index (χ2v) is 7.26. The number of rotatable bonds is 7. The van der Waals surface area contributed by atoms with Gasteiger partial charge in [-0.25, -0.2) is 8.78 Å². The van der Waals surface area contributed by atoms with Gasteiger partial charge in [0.25, 0.3) is 5.91 Å². The lowest BCUT2D eigenvalue weighted by Gasteiger charge is -2.30. The van der Waals surface area contributed by atoms with Crippen LogP contribution in [0.4, 0.5) is 8.78 Å². The Balaban J connectivity index is 1.62. The molecular weight excluding hydrogens is 364 g/mol. The van der Waals surface area contributed by atoms with Crippen LogP contribution < -0.4 is 10.1 Å². The highest BCUT2D eigenvalue weighted by molar-refractivity contribution is 5.96. The summed E-state index contributed by atoms with van der Waals surface area (Å²) in [5.41, 5.74) is 0.917. The van der Waals surface area contributed by atoms with E-state index in [1.165, 1.54) is 31.2 Å². The molecule has 1 fully saturated rings. The molecule has 0 aliphatic heterocycles. The zero-order valence-corrected chi connectivity index (χ0v) is 15.8. The summed E-state index contributed by atoms with van der Waals surface area (Å²) in [6.45, 7) is 1.48. The third kappa shape index (κ3) is 4.55. The first kappa shape index (κ1) is 20.0. The number of carbonyl (C=O) groups is 2. The van der Waals surface area contributed by atoms with Crippen LogP contribution in [0.5, 0.6) is 5.75 Å². The molecule has 1 N–H and O–H groups in total. The van der Waals surface area contributed by atoms with Gasteiger partial charge >= 0.3 is 0 Å². The Morgan fingerprint density at radius 3 is 2.32 bits per heavy atom. The van der Waals surface area contributed by atoms with Gasteiger partial charge in [-0.1, -0.05) is 25.0 Å². The highest BCUT2D eigenvalue weighted by atomic mass is 19.1. The monoisotopic (exact) mass is 387 g/mol. The van der Waals surface area contributed by atoms with Crippen molar-refractivity contribution in [3.63, 3.8) is 0 Å². The van der Waals surface area contributed by atoms with Crippen molar-refractivity contribution in [2.24, 2.45) is 0 Å². The summed E-state index contributed by atoms with van der Waals surface area (Å²) >= 11 is 0. The number of hydrogen-bond donors (Lipinski definition) is 1. The lowest BCUT2D eigenvalue weighted by molar-refractivity contribution is -0.123. The molecule has 1 amide bonds. The second kappa shape index (κ2) is 8.50. The summed E-state index contributed by atoms with van der Waals surface area (Å²) in [5.74, 6) is -1.30. The Morgan fingerprint density at radius 2 is 1.68 bits per heavy atom. The largest absolute Gasteiger partial charge is 0.483 e. The van der Waals surface area contributed by atoms with Crippen molar-refractivity contribution in [2.75, 3.05) is 13.2 Å². The van der Waals surface area contributed by atoms with Crippen LogP contribution in [0, 0.1) is 11.6 Å². The van der Waals surface area contributed by atoms with Gasteiger partial charge in [0.05, 0.1) is 5.56 Å². The van der Waals surface area contributed by atoms with Crippen LogP contribution in [0.1, 0.15) is 48.5 Å². The van der Waals surface area contributed by atoms with Crippen LogP contribution in [0.25, 0.3) is 0 Å². The standard InChI is InChI=1S/C22H23F2NO3/c1-15(26)19-12-18(24)8-9-20(19)28-13-21(27)25-14-22(10-2-3-11-22)16-4-6-17(23)7-5-16/h4-9,12H,2-3,10-11,13-14H2,1H3,(H,25,27). The van der Waals surface area contributed by atoms with Crippen molar-refractivity contribution in [3.8, 4) is 5.75 Å². The van der Waals surface area contributed by atoms with E-state index in [0.717, 1.165) is 37.3 Å². The molecule has 3 rings (SSSR count). The van der Waals surface area contributed by atoms with Crippen LogP contribution in [0.15, 0.2) is 42.5 Å². The molecule has 0 saturated heterocycles. The van der Waals surface area contributed by atoms with Crippen LogP contribution >= 0.6 is 0 Å². The summed E-state index contributed by atoms with van der Waals surface area (Å²) in [5, 5.41) is 2.89. The molecule has 1 aliphatic rings. The van der Waals surface area contributed by atoms with Crippen molar-refractivity contribution in [1.29, 1.82) is 0 Å². The van der Waals surface area contributed by atoms with Crippen molar-refractivity contribution < 1.29 is 23.1 Å². The number of benzene rings is 2. The Hall–Kier alpha value is -2.76. The molecule has 1 saturated carbocycles. The SMILES string of the molecule is CC(=O)c1cc(F)ccc1OCC(=O)NCC1(c2ccc(F)cc2)CCCC1. The molecule has 2 aromatic carbocycles. The summed E-state index contributed by atoms with van der Waals surface area (Å²) < 4.78 is 32.0. The first-order valence-electron chi connectivity index (χ1n) is 9.36. The minimum absolute atomic E-state index is 0.103. The fourth-order valence-electron chi connectivity index (χ4n) is 3.79. The number of amides is 1. The molecule has 6 heteroatoms. The zero-order valence-electron chi connectivity index (χ0n) is 15.8. The Morgan fingerprint density at radius 1 is 1.04 bits per heavy atom. The first-order valence-corrected chi connectivity index (χ1v) is 9.36. The number of hydrogen-bond acceptors (Lipinski definition) is 3. The van der Waals surface area contributed by atoms with E-state index in [-0.39, 0.29) is 40.8 Å². The van der Waals surface area contributed by atoms with Gasteiger partial charge in [0, 0.05) is 12.0 Å². The van der Waals surface area contributed by atoms with Crippen LogP contribution in [-0.4, -0.2) is 24.8 Å².